The molecule has 1 aromatic heterocycles. The first-order chi connectivity index (χ1) is 8.19. The van der Waals surface area contributed by atoms with Gasteiger partial charge in [-0.2, -0.15) is 15.0 Å². The Labute approximate surface area is 109 Å². The van der Waals surface area contributed by atoms with E-state index in [0.29, 0.717) is 11.1 Å². The molecule has 0 fully saturated rings. The van der Waals surface area contributed by atoms with Crippen LogP contribution in [0.5, 0.6) is 0 Å². The molecule has 1 heterocycles. The lowest BCUT2D eigenvalue weighted by molar-refractivity contribution is 0.908. The number of benzene rings is 1. The highest BCUT2D eigenvalue weighted by molar-refractivity contribution is 7.99. The maximum Gasteiger partial charge on any atom is 0.228 e. The van der Waals surface area contributed by atoms with Crippen molar-refractivity contribution < 1.29 is 0 Å². The molecule has 1 aromatic carbocycles. The summed E-state index contributed by atoms with van der Waals surface area (Å²) < 4.78 is 0. The van der Waals surface area contributed by atoms with Crippen LogP contribution < -0.4 is 5.32 Å². The van der Waals surface area contributed by atoms with Crippen LogP contribution in [0.15, 0.2) is 34.3 Å². The fourth-order valence-electron chi connectivity index (χ4n) is 1.26. The molecule has 1 N–H and O–H groups in total. The smallest absolute Gasteiger partial charge is 0.228 e. The van der Waals surface area contributed by atoms with Crippen molar-refractivity contribution in [3.8, 4) is 0 Å². The van der Waals surface area contributed by atoms with Gasteiger partial charge in [-0.3, -0.25) is 0 Å². The van der Waals surface area contributed by atoms with Gasteiger partial charge in [0.15, 0.2) is 5.16 Å². The highest BCUT2D eigenvalue weighted by Crippen LogP contribution is 2.28. The number of aryl methyl sites for hydroxylation is 1. The Hall–Kier alpha value is -1.33. The fourth-order valence-corrected chi connectivity index (χ4v) is 2.31. The highest BCUT2D eigenvalue weighted by Gasteiger charge is 2.07. The van der Waals surface area contributed by atoms with E-state index in [2.05, 4.69) is 20.3 Å². The van der Waals surface area contributed by atoms with Gasteiger partial charge in [0.2, 0.25) is 11.2 Å². The minimum atomic E-state index is 0.195. The quantitative estimate of drug-likeness (QED) is 0.925. The van der Waals surface area contributed by atoms with Crippen LogP contribution in [0.3, 0.4) is 0 Å². The molecule has 0 bridgehead atoms. The number of nitrogens with zero attached hydrogens (tertiary/aromatic N) is 3. The average Bonchev–Trinajstić information content (AvgIpc) is 2.31. The van der Waals surface area contributed by atoms with Crippen molar-refractivity contribution in [1.29, 1.82) is 0 Å². The molecular weight excluding hydrogens is 256 g/mol. The predicted molar refractivity (Wildman–Crippen MR) is 69.7 cm³/mol. The minimum absolute atomic E-state index is 0.195. The topological polar surface area (TPSA) is 50.7 Å². The Bertz CT molecular complexity index is 533. The van der Waals surface area contributed by atoms with Crippen LogP contribution in [0.2, 0.25) is 5.28 Å². The summed E-state index contributed by atoms with van der Waals surface area (Å²) in [5.41, 5.74) is 1.18. The number of hydrogen-bond acceptors (Lipinski definition) is 5. The third-order valence-corrected chi connectivity index (χ3v) is 3.32. The summed E-state index contributed by atoms with van der Waals surface area (Å²) in [5, 5.41) is 3.63. The predicted octanol–water partition coefficient (Wildman–Crippen LogP) is 3.03. The normalized spacial score (nSPS) is 10.3. The zero-order valence-corrected chi connectivity index (χ0v) is 11.0. The maximum atomic E-state index is 5.82. The van der Waals surface area contributed by atoms with E-state index in [1.165, 1.54) is 17.3 Å². The van der Waals surface area contributed by atoms with Gasteiger partial charge in [0.25, 0.3) is 0 Å². The molecule has 0 spiro atoms. The van der Waals surface area contributed by atoms with E-state index in [1.807, 2.05) is 31.2 Å². The van der Waals surface area contributed by atoms with E-state index >= 15 is 0 Å². The largest absolute Gasteiger partial charge is 0.357 e. The lowest BCUT2D eigenvalue weighted by Gasteiger charge is -2.05. The zero-order chi connectivity index (χ0) is 12.3. The van der Waals surface area contributed by atoms with Crippen molar-refractivity contribution in [2.45, 2.75) is 17.0 Å². The van der Waals surface area contributed by atoms with Gasteiger partial charge in [0, 0.05) is 11.9 Å². The standard InChI is InChI=1S/C11H11ClN4S/c1-7-5-3-4-6-8(7)17-11-15-9(12)14-10(13-2)16-11/h3-6H,1-2H3,(H,13,14,15,16). The second kappa shape index (κ2) is 5.33. The molecule has 0 unspecified atom stereocenters. The molecule has 17 heavy (non-hydrogen) atoms. The first-order valence-corrected chi connectivity index (χ1v) is 6.21. The molecule has 88 valence electrons. The lowest BCUT2D eigenvalue weighted by atomic mass is 10.2. The second-order valence-electron chi connectivity index (χ2n) is 3.33. The molecule has 0 aliphatic heterocycles. The molecular formula is C11H11ClN4S. The van der Waals surface area contributed by atoms with Crippen molar-refractivity contribution in [2.75, 3.05) is 12.4 Å². The third kappa shape index (κ3) is 3.08. The van der Waals surface area contributed by atoms with Crippen LogP contribution in [-0.2, 0) is 0 Å². The molecule has 6 heteroatoms. The van der Waals surface area contributed by atoms with Crippen molar-refractivity contribution in [3.05, 3.63) is 35.1 Å². The number of rotatable bonds is 3. The van der Waals surface area contributed by atoms with Crippen LogP contribution >= 0.6 is 23.4 Å². The monoisotopic (exact) mass is 266 g/mol. The summed E-state index contributed by atoms with van der Waals surface area (Å²) in [7, 11) is 1.74. The summed E-state index contributed by atoms with van der Waals surface area (Å²) in [4.78, 5) is 13.4. The molecule has 2 aromatic rings. The highest BCUT2D eigenvalue weighted by atomic mass is 35.5. The Morgan fingerprint density at radius 3 is 2.65 bits per heavy atom. The molecule has 0 saturated heterocycles. The van der Waals surface area contributed by atoms with Gasteiger partial charge in [0.05, 0.1) is 0 Å². The molecule has 0 atom stereocenters. The van der Waals surface area contributed by atoms with Crippen LogP contribution in [0.4, 0.5) is 5.95 Å². The first kappa shape index (κ1) is 12.1. The molecule has 0 radical (unpaired) electrons. The average molecular weight is 267 g/mol. The number of hydrogen-bond donors (Lipinski definition) is 1. The molecule has 0 aliphatic carbocycles. The van der Waals surface area contributed by atoms with Crippen molar-refractivity contribution in [3.63, 3.8) is 0 Å². The Balaban J connectivity index is 2.30. The van der Waals surface area contributed by atoms with Crippen LogP contribution in [0, 0.1) is 6.92 Å². The summed E-state index contributed by atoms with van der Waals surface area (Å²) in [6, 6.07) is 8.05. The molecule has 0 amide bonds. The van der Waals surface area contributed by atoms with Gasteiger partial charge in [0.1, 0.15) is 0 Å². The van der Waals surface area contributed by atoms with E-state index in [4.69, 9.17) is 11.6 Å². The maximum absolute atomic E-state index is 5.82. The van der Waals surface area contributed by atoms with Crippen LogP contribution in [0.25, 0.3) is 0 Å². The number of halogens is 1. The zero-order valence-electron chi connectivity index (χ0n) is 9.44. The second-order valence-corrected chi connectivity index (χ2v) is 4.68. The van der Waals surface area contributed by atoms with Gasteiger partial charge in [-0.05, 0) is 41.9 Å². The summed E-state index contributed by atoms with van der Waals surface area (Å²) in [6.07, 6.45) is 0. The summed E-state index contributed by atoms with van der Waals surface area (Å²) in [6.45, 7) is 2.05. The van der Waals surface area contributed by atoms with Gasteiger partial charge >= 0.3 is 0 Å². The Morgan fingerprint density at radius 2 is 1.94 bits per heavy atom. The number of nitrogens with one attached hydrogen (secondary N) is 1. The van der Waals surface area contributed by atoms with Gasteiger partial charge in [-0.25, -0.2) is 0 Å². The molecule has 0 aliphatic rings. The van der Waals surface area contributed by atoms with Crippen molar-refractivity contribution >= 4 is 29.3 Å². The van der Waals surface area contributed by atoms with Gasteiger partial charge < -0.3 is 5.32 Å². The van der Waals surface area contributed by atoms with E-state index in [0.717, 1.165) is 4.90 Å². The lowest BCUT2D eigenvalue weighted by Crippen LogP contribution is -2.00. The van der Waals surface area contributed by atoms with Crippen LogP contribution in [0.1, 0.15) is 5.56 Å². The van der Waals surface area contributed by atoms with E-state index < -0.39 is 0 Å². The molecule has 2 rings (SSSR count). The van der Waals surface area contributed by atoms with E-state index in [9.17, 15) is 0 Å². The van der Waals surface area contributed by atoms with Crippen LogP contribution in [-0.4, -0.2) is 22.0 Å². The minimum Gasteiger partial charge on any atom is -0.357 e. The Kier molecular flexibility index (Phi) is 3.81. The van der Waals surface area contributed by atoms with Gasteiger partial charge in [-0.1, -0.05) is 18.2 Å². The SMILES string of the molecule is CNc1nc(Cl)nc(Sc2ccccc2C)n1. The van der Waals surface area contributed by atoms with Crippen molar-refractivity contribution in [1.82, 2.24) is 15.0 Å². The van der Waals surface area contributed by atoms with Gasteiger partial charge in [-0.15, -0.1) is 0 Å². The number of aromatic nitrogens is 3. The van der Waals surface area contributed by atoms with E-state index in [1.54, 1.807) is 7.05 Å². The van der Waals surface area contributed by atoms with E-state index in [-0.39, 0.29) is 5.28 Å². The Morgan fingerprint density at radius 1 is 1.18 bits per heavy atom. The third-order valence-electron chi connectivity index (χ3n) is 2.11. The first-order valence-electron chi connectivity index (χ1n) is 5.02. The number of anilines is 1. The summed E-state index contributed by atoms with van der Waals surface area (Å²) in [5.74, 6) is 0.473. The summed E-state index contributed by atoms with van der Waals surface area (Å²) >= 11 is 7.29. The molecule has 4 nitrogen and oxygen atoms in total. The van der Waals surface area contributed by atoms with Crippen molar-refractivity contribution in [2.24, 2.45) is 0 Å². The fraction of sp³-hybridized carbons (Fsp3) is 0.182. The molecule has 0 saturated carbocycles.